The van der Waals surface area contributed by atoms with Gasteiger partial charge in [-0.2, -0.15) is 0 Å². The van der Waals surface area contributed by atoms with Crippen molar-refractivity contribution in [3.63, 3.8) is 0 Å². The Labute approximate surface area is 140 Å². The molecule has 1 aromatic carbocycles. The van der Waals surface area contributed by atoms with E-state index in [-0.39, 0.29) is 0 Å². The van der Waals surface area contributed by atoms with Gasteiger partial charge in [-0.3, -0.25) is 4.99 Å². The molecule has 0 saturated carbocycles. The number of aliphatic imine (C=N–C) groups is 1. The predicted octanol–water partition coefficient (Wildman–Crippen LogP) is 2.23. The first kappa shape index (κ1) is 17.6. The van der Waals surface area contributed by atoms with Gasteiger partial charge in [0.15, 0.2) is 5.96 Å². The van der Waals surface area contributed by atoms with E-state index in [4.69, 9.17) is 4.74 Å². The number of nitrogens with one attached hydrogen (secondary N) is 2. The molecule has 0 aliphatic carbocycles. The Morgan fingerprint density at radius 1 is 1.30 bits per heavy atom. The molecule has 5 heteroatoms. The molecule has 1 aromatic rings. The monoisotopic (exact) mass is 318 g/mol. The minimum atomic E-state index is 0.494. The van der Waals surface area contributed by atoms with E-state index in [0.717, 1.165) is 43.2 Å². The summed E-state index contributed by atoms with van der Waals surface area (Å²) in [4.78, 5) is 6.88. The zero-order valence-corrected chi connectivity index (χ0v) is 14.8. The minimum Gasteiger partial charge on any atom is -0.496 e. The third kappa shape index (κ3) is 5.13. The van der Waals surface area contributed by atoms with Gasteiger partial charge in [0.25, 0.3) is 0 Å². The van der Waals surface area contributed by atoms with Gasteiger partial charge in [-0.15, -0.1) is 0 Å². The molecule has 0 radical (unpaired) electrons. The molecule has 0 atom stereocenters. The number of rotatable bonds is 5. The molecule has 2 N–H and O–H groups in total. The Balaban J connectivity index is 1.82. The fourth-order valence-electron chi connectivity index (χ4n) is 2.98. The van der Waals surface area contributed by atoms with Crippen molar-refractivity contribution in [1.82, 2.24) is 15.5 Å². The minimum absolute atomic E-state index is 0.494. The number of hydrogen-bond acceptors (Lipinski definition) is 3. The van der Waals surface area contributed by atoms with Crippen LogP contribution in [-0.4, -0.2) is 50.2 Å². The first-order chi connectivity index (χ1) is 11.1. The summed E-state index contributed by atoms with van der Waals surface area (Å²) in [5.74, 6) is 1.76. The second-order valence-corrected chi connectivity index (χ2v) is 6.29. The summed E-state index contributed by atoms with van der Waals surface area (Å²) >= 11 is 0. The van der Waals surface area contributed by atoms with Crippen molar-refractivity contribution in [3.8, 4) is 5.75 Å². The quantitative estimate of drug-likeness (QED) is 0.646. The highest BCUT2D eigenvalue weighted by atomic mass is 16.5. The first-order valence-electron chi connectivity index (χ1n) is 8.47. The Kier molecular flexibility index (Phi) is 6.71. The van der Waals surface area contributed by atoms with Crippen LogP contribution < -0.4 is 15.4 Å². The van der Waals surface area contributed by atoms with Gasteiger partial charge in [-0.05, 0) is 32.8 Å². The summed E-state index contributed by atoms with van der Waals surface area (Å²) < 4.78 is 5.39. The summed E-state index contributed by atoms with van der Waals surface area (Å²) in [6.45, 7) is 7.54. The van der Waals surface area contributed by atoms with Crippen molar-refractivity contribution in [2.24, 2.45) is 4.99 Å². The van der Waals surface area contributed by atoms with Crippen LogP contribution in [0.4, 0.5) is 0 Å². The summed E-state index contributed by atoms with van der Waals surface area (Å²) in [5.41, 5.74) is 1.13. The smallest absolute Gasteiger partial charge is 0.191 e. The van der Waals surface area contributed by atoms with Crippen LogP contribution in [0.25, 0.3) is 0 Å². The van der Waals surface area contributed by atoms with Crippen LogP contribution in [0, 0.1) is 0 Å². The molecule has 2 rings (SSSR count). The van der Waals surface area contributed by atoms with Gasteiger partial charge in [0.2, 0.25) is 0 Å². The molecule has 0 bridgehead atoms. The van der Waals surface area contributed by atoms with Gasteiger partial charge in [-0.25, -0.2) is 0 Å². The van der Waals surface area contributed by atoms with E-state index < -0.39 is 0 Å². The third-order valence-electron chi connectivity index (χ3n) is 4.46. The zero-order valence-electron chi connectivity index (χ0n) is 14.8. The lowest BCUT2D eigenvalue weighted by molar-refractivity contribution is 0.167. The average Bonchev–Trinajstić information content (AvgIpc) is 2.59. The Hall–Kier alpha value is -1.75. The summed E-state index contributed by atoms with van der Waals surface area (Å²) in [6.07, 6.45) is 2.32. The van der Waals surface area contributed by atoms with Gasteiger partial charge in [0, 0.05) is 44.3 Å². The van der Waals surface area contributed by atoms with Gasteiger partial charge < -0.3 is 20.3 Å². The molecule has 1 fully saturated rings. The lowest BCUT2D eigenvalue weighted by Crippen LogP contribution is -2.49. The number of methoxy groups -OCH3 is 1. The van der Waals surface area contributed by atoms with Crippen molar-refractivity contribution in [1.29, 1.82) is 0 Å². The molecule has 1 aliphatic rings. The van der Waals surface area contributed by atoms with E-state index in [1.807, 2.05) is 25.2 Å². The predicted molar refractivity (Wildman–Crippen MR) is 96.1 cm³/mol. The molecule has 1 aliphatic heterocycles. The fourth-order valence-corrected chi connectivity index (χ4v) is 2.98. The average molecular weight is 318 g/mol. The molecule has 1 heterocycles. The number of likely N-dealkylation sites (tertiary alicyclic amines) is 1. The maximum Gasteiger partial charge on any atom is 0.191 e. The number of ether oxygens (including phenoxy) is 1. The highest BCUT2D eigenvalue weighted by molar-refractivity contribution is 5.80. The number of nitrogens with zero attached hydrogens (tertiary/aromatic N) is 2. The van der Waals surface area contributed by atoms with E-state index in [0.29, 0.717) is 18.6 Å². The molecule has 128 valence electrons. The first-order valence-corrected chi connectivity index (χ1v) is 8.47. The van der Waals surface area contributed by atoms with Gasteiger partial charge in [-0.1, -0.05) is 18.2 Å². The number of hydrogen-bond donors (Lipinski definition) is 2. The number of piperidine rings is 1. The van der Waals surface area contributed by atoms with Gasteiger partial charge >= 0.3 is 0 Å². The summed E-state index contributed by atoms with van der Waals surface area (Å²) in [5, 5.41) is 6.93. The van der Waals surface area contributed by atoms with Gasteiger partial charge in [0.05, 0.1) is 7.11 Å². The Morgan fingerprint density at radius 3 is 2.61 bits per heavy atom. The third-order valence-corrected chi connectivity index (χ3v) is 4.46. The van der Waals surface area contributed by atoms with Crippen molar-refractivity contribution in [3.05, 3.63) is 29.8 Å². The molecule has 1 saturated heterocycles. The molecular formula is C18H30N4O. The molecule has 0 aromatic heterocycles. The summed E-state index contributed by atoms with van der Waals surface area (Å²) in [7, 11) is 3.52. The topological polar surface area (TPSA) is 48.9 Å². The standard InChI is InChI=1S/C18H30N4O/c1-14(2)22-11-9-16(10-12-22)21-18(19-3)20-13-15-7-5-6-8-17(15)23-4/h5-8,14,16H,9-13H2,1-4H3,(H2,19,20,21). The SMILES string of the molecule is CN=C(NCc1ccccc1OC)NC1CCN(C(C)C)CC1. The molecule has 23 heavy (non-hydrogen) atoms. The van der Waals surface area contributed by atoms with Crippen LogP contribution in [0.3, 0.4) is 0 Å². The largest absolute Gasteiger partial charge is 0.496 e. The molecular weight excluding hydrogens is 288 g/mol. The van der Waals surface area contributed by atoms with E-state index in [9.17, 15) is 0 Å². The molecule has 0 unspecified atom stereocenters. The van der Waals surface area contributed by atoms with Crippen LogP contribution in [0.15, 0.2) is 29.3 Å². The van der Waals surface area contributed by atoms with E-state index in [1.54, 1.807) is 7.11 Å². The second kappa shape index (κ2) is 8.77. The van der Waals surface area contributed by atoms with Crippen LogP contribution in [-0.2, 0) is 6.54 Å². The van der Waals surface area contributed by atoms with E-state index in [1.165, 1.54) is 0 Å². The Morgan fingerprint density at radius 2 is 2.00 bits per heavy atom. The maximum absolute atomic E-state index is 5.39. The number of guanidine groups is 1. The Bertz CT molecular complexity index is 507. The fraction of sp³-hybridized carbons (Fsp3) is 0.611. The highest BCUT2D eigenvalue weighted by Crippen LogP contribution is 2.17. The van der Waals surface area contributed by atoms with Crippen molar-refractivity contribution in [2.75, 3.05) is 27.2 Å². The van der Waals surface area contributed by atoms with E-state index in [2.05, 4.69) is 40.4 Å². The molecule has 5 nitrogen and oxygen atoms in total. The summed E-state index contributed by atoms with van der Waals surface area (Å²) in [6, 6.07) is 9.19. The second-order valence-electron chi connectivity index (χ2n) is 6.29. The zero-order chi connectivity index (χ0) is 16.7. The van der Waals surface area contributed by atoms with Crippen LogP contribution >= 0.6 is 0 Å². The van der Waals surface area contributed by atoms with Crippen LogP contribution in [0.2, 0.25) is 0 Å². The van der Waals surface area contributed by atoms with Crippen molar-refractivity contribution < 1.29 is 4.74 Å². The number of para-hydroxylation sites is 1. The highest BCUT2D eigenvalue weighted by Gasteiger charge is 2.21. The lowest BCUT2D eigenvalue weighted by Gasteiger charge is -2.35. The maximum atomic E-state index is 5.39. The molecule has 0 spiro atoms. The van der Waals surface area contributed by atoms with E-state index >= 15 is 0 Å². The van der Waals surface area contributed by atoms with Gasteiger partial charge in [0.1, 0.15) is 5.75 Å². The number of benzene rings is 1. The molecule has 0 amide bonds. The lowest BCUT2D eigenvalue weighted by atomic mass is 10.0. The van der Waals surface area contributed by atoms with Crippen molar-refractivity contribution in [2.45, 2.75) is 45.3 Å². The van der Waals surface area contributed by atoms with Crippen molar-refractivity contribution >= 4 is 5.96 Å². The normalized spacial score (nSPS) is 17.3. The van der Waals surface area contributed by atoms with Crippen LogP contribution in [0.5, 0.6) is 5.75 Å². The van der Waals surface area contributed by atoms with Crippen LogP contribution in [0.1, 0.15) is 32.3 Å².